The number of nitrogen functional groups attached to an aromatic ring is 1. The van der Waals surface area contributed by atoms with E-state index >= 15 is 0 Å². The van der Waals surface area contributed by atoms with E-state index in [1.807, 2.05) is 39.0 Å². The minimum atomic E-state index is -0.579. The summed E-state index contributed by atoms with van der Waals surface area (Å²) < 4.78 is 0. The van der Waals surface area contributed by atoms with Gasteiger partial charge in [0.1, 0.15) is 0 Å². The number of nitrogens with one attached hydrogen (secondary N) is 2. The molecule has 0 saturated carbocycles. The zero-order valence-corrected chi connectivity index (χ0v) is 13.4. The van der Waals surface area contributed by atoms with Crippen LogP contribution in [0.1, 0.15) is 35.3 Å². The fourth-order valence-corrected chi connectivity index (χ4v) is 2.78. The number of para-hydroxylation sites is 1. The maximum absolute atomic E-state index is 12.5. The van der Waals surface area contributed by atoms with Gasteiger partial charge in [-0.15, -0.1) is 0 Å². The van der Waals surface area contributed by atoms with Crippen LogP contribution in [0.5, 0.6) is 0 Å². The molecule has 0 saturated heterocycles. The Morgan fingerprint density at radius 1 is 1.22 bits per heavy atom. The van der Waals surface area contributed by atoms with Crippen molar-refractivity contribution in [2.24, 2.45) is 0 Å². The molecule has 1 aliphatic rings. The van der Waals surface area contributed by atoms with Crippen LogP contribution in [0.4, 0.5) is 17.1 Å². The lowest BCUT2D eigenvalue weighted by Gasteiger charge is -2.15. The summed E-state index contributed by atoms with van der Waals surface area (Å²) in [5.41, 5.74) is 9.43. The van der Waals surface area contributed by atoms with Gasteiger partial charge >= 0.3 is 0 Å². The SMILES string of the molecule is Cc1cccc(N)c1NC(=O)c1ccc2c(c1)NC(=O)C2(C)C. The first-order chi connectivity index (χ1) is 10.8. The quantitative estimate of drug-likeness (QED) is 0.745. The molecule has 4 N–H and O–H groups in total. The smallest absolute Gasteiger partial charge is 0.255 e. The topological polar surface area (TPSA) is 84.2 Å². The van der Waals surface area contributed by atoms with Crippen molar-refractivity contribution < 1.29 is 9.59 Å². The molecule has 0 atom stereocenters. The highest BCUT2D eigenvalue weighted by molar-refractivity contribution is 6.10. The molecule has 118 valence electrons. The van der Waals surface area contributed by atoms with Crippen molar-refractivity contribution in [2.45, 2.75) is 26.2 Å². The van der Waals surface area contributed by atoms with E-state index < -0.39 is 5.41 Å². The Labute approximate surface area is 134 Å². The number of hydrogen-bond acceptors (Lipinski definition) is 3. The second-order valence-corrected chi connectivity index (χ2v) is 6.33. The first-order valence-electron chi connectivity index (χ1n) is 7.43. The zero-order valence-electron chi connectivity index (χ0n) is 13.4. The third-order valence-electron chi connectivity index (χ3n) is 4.31. The van der Waals surface area contributed by atoms with Crippen molar-refractivity contribution in [3.05, 3.63) is 53.1 Å². The van der Waals surface area contributed by atoms with Gasteiger partial charge in [0.25, 0.3) is 5.91 Å². The number of anilines is 3. The molecule has 2 aromatic carbocycles. The number of carbonyl (C=O) groups excluding carboxylic acids is 2. The predicted octanol–water partition coefficient (Wildman–Crippen LogP) is 3.06. The summed E-state index contributed by atoms with van der Waals surface area (Å²) in [6, 6.07) is 10.7. The van der Waals surface area contributed by atoms with Crippen LogP contribution in [-0.2, 0) is 10.2 Å². The van der Waals surface area contributed by atoms with E-state index in [2.05, 4.69) is 10.6 Å². The Morgan fingerprint density at radius 2 is 1.96 bits per heavy atom. The van der Waals surface area contributed by atoms with Crippen LogP contribution in [0.3, 0.4) is 0 Å². The van der Waals surface area contributed by atoms with Crippen molar-refractivity contribution in [2.75, 3.05) is 16.4 Å². The van der Waals surface area contributed by atoms with Gasteiger partial charge in [-0.3, -0.25) is 9.59 Å². The number of hydrogen-bond donors (Lipinski definition) is 3. The van der Waals surface area contributed by atoms with Gasteiger partial charge in [-0.05, 0) is 50.1 Å². The van der Waals surface area contributed by atoms with Crippen LogP contribution < -0.4 is 16.4 Å². The van der Waals surface area contributed by atoms with E-state index in [-0.39, 0.29) is 11.8 Å². The number of amides is 2. The highest BCUT2D eigenvalue weighted by atomic mass is 16.2. The van der Waals surface area contributed by atoms with E-state index in [1.165, 1.54) is 0 Å². The monoisotopic (exact) mass is 309 g/mol. The second kappa shape index (κ2) is 5.12. The Balaban J connectivity index is 1.91. The molecular formula is C18H19N3O2. The van der Waals surface area contributed by atoms with Gasteiger partial charge in [0.2, 0.25) is 5.91 Å². The highest BCUT2D eigenvalue weighted by Gasteiger charge is 2.38. The highest BCUT2D eigenvalue weighted by Crippen LogP contribution is 2.37. The van der Waals surface area contributed by atoms with Crippen LogP contribution in [0.15, 0.2) is 36.4 Å². The third kappa shape index (κ3) is 2.44. The molecule has 0 fully saturated rings. The second-order valence-electron chi connectivity index (χ2n) is 6.33. The summed E-state index contributed by atoms with van der Waals surface area (Å²) in [5.74, 6) is -0.319. The standard InChI is InChI=1S/C18H19N3O2/c1-10-5-4-6-13(19)15(10)21-16(22)11-7-8-12-14(9-11)20-17(23)18(12,2)3/h4-9H,19H2,1-3H3,(H,20,23)(H,21,22). The van der Waals surface area contributed by atoms with Crippen LogP contribution in [0, 0.1) is 6.92 Å². The first kappa shape index (κ1) is 15.1. The van der Waals surface area contributed by atoms with Gasteiger partial charge < -0.3 is 16.4 Å². The largest absolute Gasteiger partial charge is 0.397 e. The lowest BCUT2D eigenvalue weighted by molar-refractivity contribution is -0.119. The van der Waals surface area contributed by atoms with Gasteiger partial charge in [0, 0.05) is 11.3 Å². The number of benzene rings is 2. The molecule has 2 aromatic rings. The molecule has 5 heteroatoms. The van der Waals surface area contributed by atoms with Crippen LogP contribution in [-0.4, -0.2) is 11.8 Å². The average Bonchev–Trinajstić information content (AvgIpc) is 2.72. The van der Waals surface area contributed by atoms with Crippen molar-refractivity contribution in [3.8, 4) is 0 Å². The molecule has 23 heavy (non-hydrogen) atoms. The molecular weight excluding hydrogens is 290 g/mol. The van der Waals surface area contributed by atoms with E-state index in [1.54, 1.807) is 18.2 Å². The Hall–Kier alpha value is -2.82. The molecule has 2 amide bonds. The number of aryl methyl sites for hydroxylation is 1. The van der Waals surface area contributed by atoms with Gasteiger partial charge in [0.05, 0.1) is 16.8 Å². The fourth-order valence-electron chi connectivity index (χ4n) is 2.78. The van der Waals surface area contributed by atoms with Crippen molar-refractivity contribution in [3.63, 3.8) is 0 Å². The fraction of sp³-hybridized carbons (Fsp3) is 0.222. The van der Waals surface area contributed by atoms with Crippen molar-refractivity contribution in [1.82, 2.24) is 0 Å². The molecule has 0 aliphatic carbocycles. The van der Waals surface area contributed by atoms with Gasteiger partial charge in [-0.1, -0.05) is 18.2 Å². The van der Waals surface area contributed by atoms with Crippen LogP contribution >= 0.6 is 0 Å². The molecule has 0 spiro atoms. The molecule has 0 aromatic heterocycles. The molecule has 5 nitrogen and oxygen atoms in total. The van der Waals surface area contributed by atoms with Crippen LogP contribution in [0.25, 0.3) is 0 Å². The number of nitrogens with two attached hydrogens (primary N) is 1. The predicted molar refractivity (Wildman–Crippen MR) is 91.6 cm³/mol. The summed E-state index contributed by atoms with van der Waals surface area (Å²) in [6.45, 7) is 5.61. The minimum Gasteiger partial charge on any atom is -0.397 e. The molecule has 0 bridgehead atoms. The molecule has 3 rings (SSSR count). The van der Waals surface area contributed by atoms with E-state index in [0.29, 0.717) is 22.6 Å². The van der Waals surface area contributed by atoms with E-state index in [4.69, 9.17) is 5.73 Å². The molecule has 0 unspecified atom stereocenters. The number of fused-ring (bicyclic) bond motifs is 1. The zero-order chi connectivity index (χ0) is 16.8. The van der Waals surface area contributed by atoms with Crippen LogP contribution in [0.2, 0.25) is 0 Å². The summed E-state index contributed by atoms with van der Waals surface area (Å²) >= 11 is 0. The maximum atomic E-state index is 12.5. The summed E-state index contributed by atoms with van der Waals surface area (Å²) in [7, 11) is 0. The summed E-state index contributed by atoms with van der Waals surface area (Å²) in [5, 5.41) is 5.67. The molecule has 1 heterocycles. The van der Waals surface area contributed by atoms with Crippen molar-refractivity contribution >= 4 is 28.9 Å². The summed E-state index contributed by atoms with van der Waals surface area (Å²) in [6.07, 6.45) is 0. The van der Waals surface area contributed by atoms with Gasteiger partial charge in [-0.2, -0.15) is 0 Å². The Morgan fingerprint density at radius 3 is 2.65 bits per heavy atom. The van der Waals surface area contributed by atoms with Gasteiger partial charge in [-0.25, -0.2) is 0 Å². The average molecular weight is 309 g/mol. The first-order valence-corrected chi connectivity index (χ1v) is 7.43. The number of rotatable bonds is 2. The van der Waals surface area contributed by atoms with Gasteiger partial charge in [0.15, 0.2) is 0 Å². The number of carbonyl (C=O) groups is 2. The minimum absolute atomic E-state index is 0.0618. The third-order valence-corrected chi connectivity index (χ3v) is 4.31. The summed E-state index contributed by atoms with van der Waals surface area (Å²) in [4.78, 5) is 24.5. The maximum Gasteiger partial charge on any atom is 0.255 e. The Kier molecular flexibility index (Phi) is 3.36. The molecule has 1 aliphatic heterocycles. The van der Waals surface area contributed by atoms with E-state index in [0.717, 1.165) is 11.1 Å². The Bertz CT molecular complexity index is 805. The van der Waals surface area contributed by atoms with E-state index in [9.17, 15) is 9.59 Å². The van der Waals surface area contributed by atoms with Crippen molar-refractivity contribution in [1.29, 1.82) is 0 Å². The molecule has 0 radical (unpaired) electrons. The normalized spacial score (nSPS) is 15.0. The lowest BCUT2D eigenvalue weighted by atomic mass is 9.86. The lowest BCUT2D eigenvalue weighted by Crippen LogP contribution is -2.26.